The number of aromatic nitrogens is 2. The van der Waals surface area contributed by atoms with Gasteiger partial charge in [-0.25, -0.2) is 0 Å². The summed E-state index contributed by atoms with van der Waals surface area (Å²) in [4.78, 5) is 32.4. The zero-order chi connectivity index (χ0) is 25.4. The molecule has 0 atom stereocenters. The molecule has 35 heavy (non-hydrogen) atoms. The van der Waals surface area contributed by atoms with E-state index in [2.05, 4.69) is 28.9 Å². The lowest BCUT2D eigenvalue weighted by molar-refractivity contribution is -0.132. The summed E-state index contributed by atoms with van der Waals surface area (Å²) in [6, 6.07) is 8.17. The molecule has 1 aromatic carbocycles. The van der Waals surface area contributed by atoms with E-state index in [1.165, 1.54) is 7.11 Å². The normalized spacial score (nSPS) is 15.9. The number of carbonyl (C=O) groups excluding carboxylic acids is 2. The fraction of sp³-hybridized carbons (Fsp3) is 0.615. The average molecular weight is 486 g/mol. The van der Waals surface area contributed by atoms with Crippen LogP contribution in [0.15, 0.2) is 28.7 Å². The molecule has 0 radical (unpaired) electrons. The predicted molar refractivity (Wildman–Crippen MR) is 134 cm³/mol. The fourth-order valence-electron chi connectivity index (χ4n) is 4.27. The second kappa shape index (κ2) is 12.8. The van der Waals surface area contributed by atoms with Crippen LogP contribution < -0.4 is 4.90 Å². The third kappa shape index (κ3) is 7.35. The molecule has 0 bridgehead atoms. The van der Waals surface area contributed by atoms with E-state index in [-0.39, 0.29) is 30.8 Å². The van der Waals surface area contributed by atoms with E-state index in [9.17, 15) is 9.59 Å². The van der Waals surface area contributed by atoms with Gasteiger partial charge in [0.05, 0.1) is 0 Å². The number of para-hydroxylation sites is 1. The molecule has 9 heteroatoms. The summed E-state index contributed by atoms with van der Waals surface area (Å²) < 4.78 is 10.8. The number of fused-ring (bicyclic) bond motifs is 1. The number of aryl methyl sites for hydroxylation is 1. The van der Waals surface area contributed by atoms with Gasteiger partial charge in [0, 0.05) is 70.3 Å². The number of amides is 2. The lowest BCUT2D eigenvalue weighted by Crippen LogP contribution is -2.41. The molecule has 1 aliphatic rings. The predicted octanol–water partition coefficient (Wildman–Crippen LogP) is 3.25. The van der Waals surface area contributed by atoms with E-state index in [4.69, 9.17) is 9.15 Å². The van der Waals surface area contributed by atoms with Gasteiger partial charge in [0.1, 0.15) is 6.61 Å². The summed E-state index contributed by atoms with van der Waals surface area (Å²) in [6.45, 7) is 11.6. The third-order valence-electron chi connectivity index (χ3n) is 6.31. The number of nitrogens with zero attached hydrogens (tertiary/aromatic N) is 5. The van der Waals surface area contributed by atoms with Crippen LogP contribution in [0.25, 0.3) is 0 Å². The largest absolute Gasteiger partial charge is 0.425 e. The molecule has 0 fully saturated rings. The van der Waals surface area contributed by atoms with Gasteiger partial charge in [-0.05, 0) is 31.9 Å². The van der Waals surface area contributed by atoms with Crippen LogP contribution in [0, 0.1) is 0 Å². The van der Waals surface area contributed by atoms with Crippen LogP contribution in [-0.4, -0.2) is 77.7 Å². The van der Waals surface area contributed by atoms with E-state index in [1.807, 2.05) is 43.0 Å². The zero-order valence-electron chi connectivity index (χ0n) is 21.7. The summed E-state index contributed by atoms with van der Waals surface area (Å²) in [6.07, 6.45) is 1.53. The smallest absolute Gasteiger partial charge is 0.252 e. The Morgan fingerprint density at radius 3 is 2.49 bits per heavy atom. The van der Waals surface area contributed by atoms with Crippen LogP contribution in [0.1, 0.15) is 63.8 Å². The second-order valence-corrected chi connectivity index (χ2v) is 9.59. The van der Waals surface area contributed by atoms with E-state index in [1.54, 1.807) is 4.90 Å². The van der Waals surface area contributed by atoms with E-state index >= 15 is 0 Å². The molecule has 2 aromatic rings. The Morgan fingerprint density at radius 1 is 1.03 bits per heavy atom. The Kier molecular flexibility index (Phi) is 9.80. The first-order chi connectivity index (χ1) is 16.8. The van der Waals surface area contributed by atoms with Gasteiger partial charge in [0.2, 0.25) is 17.7 Å². The van der Waals surface area contributed by atoms with Gasteiger partial charge in [-0.1, -0.05) is 32.0 Å². The van der Waals surface area contributed by atoms with Gasteiger partial charge in [-0.3, -0.25) is 14.5 Å². The number of hydrogen-bond acceptors (Lipinski definition) is 7. The second-order valence-electron chi connectivity index (χ2n) is 9.59. The molecule has 1 aromatic heterocycles. The summed E-state index contributed by atoms with van der Waals surface area (Å²) in [5, 5.41) is 8.16. The number of benzene rings is 1. The standard InChI is InChI=1S/C26H39N5O4/c1-19(2)26-28-27-23(35-26)11-12-24(32)30-16-15-29(20(3)4)13-8-14-31(25(33)18-34-5)22-10-7-6-9-21(22)17-30/h6-7,9-10,19-20H,8,11-18H2,1-5H3. The summed E-state index contributed by atoms with van der Waals surface area (Å²) in [5.74, 6) is 1.18. The van der Waals surface area contributed by atoms with Crippen molar-refractivity contribution in [1.82, 2.24) is 20.0 Å². The van der Waals surface area contributed by atoms with Crippen LogP contribution >= 0.6 is 0 Å². The Morgan fingerprint density at radius 2 is 1.80 bits per heavy atom. The van der Waals surface area contributed by atoms with Crippen molar-refractivity contribution in [3.63, 3.8) is 0 Å². The average Bonchev–Trinajstić information content (AvgIpc) is 3.29. The molecule has 0 saturated heterocycles. The van der Waals surface area contributed by atoms with Crippen molar-refractivity contribution in [3.8, 4) is 0 Å². The quantitative estimate of drug-likeness (QED) is 0.594. The van der Waals surface area contributed by atoms with Crippen LogP contribution in [0.2, 0.25) is 0 Å². The van der Waals surface area contributed by atoms with E-state index in [0.29, 0.717) is 43.9 Å². The van der Waals surface area contributed by atoms with Gasteiger partial charge in [0.15, 0.2) is 0 Å². The molecule has 0 aliphatic carbocycles. The summed E-state index contributed by atoms with van der Waals surface area (Å²) in [5.41, 5.74) is 1.78. The minimum absolute atomic E-state index is 0.0213. The molecule has 192 valence electrons. The monoisotopic (exact) mass is 485 g/mol. The van der Waals surface area contributed by atoms with Crippen molar-refractivity contribution in [1.29, 1.82) is 0 Å². The zero-order valence-corrected chi connectivity index (χ0v) is 21.7. The van der Waals surface area contributed by atoms with E-state index in [0.717, 1.165) is 30.8 Å². The first-order valence-corrected chi connectivity index (χ1v) is 12.5. The number of rotatable bonds is 7. The first kappa shape index (κ1) is 26.8. The number of carbonyl (C=O) groups is 2. The van der Waals surface area contributed by atoms with Crippen LogP contribution in [-0.2, 0) is 27.3 Å². The van der Waals surface area contributed by atoms with Gasteiger partial charge in [-0.2, -0.15) is 0 Å². The fourth-order valence-corrected chi connectivity index (χ4v) is 4.27. The van der Waals surface area contributed by atoms with Gasteiger partial charge >= 0.3 is 0 Å². The number of anilines is 1. The highest BCUT2D eigenvalue weighted by Gasteiger charge is 2.24. The Bertz CT molecular complexity index is 974. The molecular formula is C26H39N5O4. The maximum absolute atomic E-state index is 13.4. The maximum atomic E-state index is 13.4. The maximum Gasteiger partial charge on any atom is 0.252 e. The molecule has 9 nitrogen and oxygen atoms in total. The lowest BCUT2D eigenvalue weighted by atomic mass is 10.1. The van der Waals surface area contributed by atoms with Crippen molar-refractivity contribution in [3.05, 3.63) is 41.6 Å². The van der Waals surface area contributed by atoms with Crippen molar-refractivity contribution >= 4 is 17.5 Å². The number of ether oxygens (including phenoxy) is 1. The third-order valence-corrected chi connectivity index (χ3v) is 6.31. The summed E-state index contributed by atoms with van der Waals surface area (Å²) >= 11 is 0. The minimum atomic E-state index is -0.0782. The highest BCUT2D eigenvalue weighted by molar-refractivity contribution is 5.95. The highest BCUT2D eigenvalue weighted by Crippen LogP contribution is 2.24. The summed E-state index contributed by atoms with van der Waals surface area (Å²) in [7, 11) is 1.53. The lowest BCUT2D eigenvalue weighted by Gasteiger charge is -2.30. The topological polar surface area (TPSA) is 92.0 Å². The molecule has 1 aliphatic heterocycles. The van der Waals surface area contributed by atoms with Crippen LogP contribution in [0.3, 0.4) is 0 Å². The molecule has 3 rings (SSSR count). The van der Waals surface area contributed by atoms with Crippen LogP contribution in [0.4, 0.5) is 5.69 Å². The Labute approximate surface area is 208 Å². The van der Waals surface area contributed by atoms with Crippen molar-refractivity contribution in [2.75, 3.05) is 44.8 Å². The number of hydrogen-bond donors (Lipinski definition) is 0. The van der Waals surface area contributed by atoms with Gasteiger partial charge in [-0.15, -0.1) is 10.2 Å². The van der Waals surface area contributed by atoms with Crippen molar-refractivity contribution in [2.45, 2.75) is 65.5 Å². The molecule has 0 N–H and O–H groups in total. The highest BCUT2D eigenvalue weighted by atomic mass is 16.5. The first-order valence-electron chi connectivity index (χ1n) is 12.5. The molecule has 0 spiro atoms. The molecule has 2 amide bonds. The van der Waals surface area contributed by atoms with Crippen molar-refractivity contribution < 1.29 is 18.7 Å². The van der Waals surface area contributed by atoms with E-state index < -0.39 is 0 Å². The van der Waals surface area contributed by atoms with Crippen molar-refractivity contribution in [2.24, 2.45) is 0 Å². The Balaban J connectivity index is 1.84. The minimum Gasteiger partial charge on any atom is -0.425 e. The molecule has 0 saturated carbocycles. The molecule has 0 unspecified atom stereocenters. The van der Waals surface area contributed by atoms with Gasteiger partial charge in [0.25, 0.3) is 5.91 Å². The number of methoxy groups -OCH3 is 1. The molecular weight excluding hydrogens is 446 g/mol. The Hall–Kier alpha value is -2.78. The van der Waals surface area contributed by atoms with Crippen LogP contribution in [0.5, 0.6) is 0 Å². The molecule has 2 heterocycles. The SMILES string of the molecule is COCC(=O)N1CCCN(C(C)C)CCN(C(=O)CCc2nnc(C(C)C)o2)Cc2ccccc21. The van der Waals surface area contributed by atoms with Gasteiger partial charge < -0.3 is 19.0 Å².